The summed E-state index contributed by atoms with van der Waals surface area (Å²) in [7, 11) is -1.76. The molecule has 0 aliphatic heterocycles. The van der Waals surface area contributed by atoms with Crippen LogP contribution in [-0.2, 0) is 26.9 Å². The van der Waals surface area contributed by atoms with E-state index in [2.05, 4.69) is 9.88 Å². The van der Waals surface area contributed by atoms with Crippen molar-refractivity contribution in [3.05, 3.63) is 96.2 Å². The summed E-state index contributed by atoms with van der Waals surface area (Å²) >= 11 is 0. The second-order valence-electron chi connectivity index (χ2n) is 7.50. The third-order valence-corrected chi connectivity index (χ3v) is 6.94. The molecule has 1 heterocycles. The lowest BCUT2D eigenvalue weighted by Crippen LogP contribution is -2.12. The number of carbonyl (C=O) groups excluding carboxylic acids is 1. The minimum Gasteiger partial charge on any atom is -0.383 e. The van der Waals surface area contributed by atoms with Gasteiger partial charge in [0.1, 0.15) is 0 Å². The Bertz CT molecular complexity index is 1330. The molecule has 1 N–H and O–H groups in total. The summed E-state index contributed by atoms with van der Waals surface area (Å²) in [5.41, 5.74) is 2.86. The van der Waals surface area contributed by atoms with Gasteiger partial charge < -0.3 is 14.6 Å². The van der Waals surface area contributed by atoms with Crippen molar-refractivity contribution in [1.29, 1.82) is 0 Å². The van der Waals surface area contributed by atoms with Crippen LogP contribution in [0.25, 0.3) is 10.9 Å². The molecule has 0 atom stereocenters. The number of hydrogen-bond acceptors (Lipinski definition) is 4. The number of sulfone groups is 1. The monoisotopic (exact) mass is 448 g/mol. The molecule has 3 aromatic carbocycles. The summed E-state index contributed by atoms with van der Waals surface area (Å²) in [6.45, 7) is 1.39. The first-order chi connectivity index (χ1) is 15.5. The van der Waals surface area contributed by atoms with Crippen LogP contribution in [0, 0.1) is 0 Å². The van der Waals surface area contributed by atoms with Crippen molar-refractivity contribution in [1.82, 2.24) is 4.57 Å². The van der Waals surface area contributed by atoms with Crippen molar-refractivity contribution >= 4 is 32.3 Å². The molecule has 7 heteroatoms. The highest BCUT2D eigenvalue weighted by atomic mass is 32.2. The number of hydrogen-bond donors (Lipinski definition) is 1. The molecule has 0 saturated carbocycles. The second-order valence-corrected chi connectivity index (χ2v) is 9.49. The first-order valence-corrected chi connectivity index (χ1v) is 11.9. The van der Waals surface area contributed by atoms with Gasteiger partial charge >= 0.3 is 0 Å². The van der Waals surface area contributed by atoms with Crippen LogP contribution >= 0.6 is 0 Å². The number of aromatic nitrogens is 1. The molecule has 0 aliphatic rings. The SMILES string of the molecule is COCCn1ccc2cc(NC(=O)c3ccc(CS(=O)(=O)c4ccccc4)cc3)ccc21. The highest BCUT2D eigenvalue weighted by Crippen LogP contribution is 2.22. The van der Waals surface area contributed by atoms with Crippen molar-refractivity contribution in [3.63, 3.8) is 0 Å². The van der Waals surface area contributed by atoms with E-state index in [1.807, 2.05) is 30.5 Å². The number of carbonyl (C=O) groups is 1. The Morgan fingerprint density at radius 2 is 1.72 bits per heavy atom. The van der Waals surface area contributed by atoms with Gasteiger partial charge in [-0.3, -0.25) is 4.79 Å². The number of anilines is 1. The number of nitrogens with zero attached hydrogens (tertiary/aromatic N) is 1. The van der Waals surface area contributed by atoms with Crippen LogP contribution in [0.1, 0.15) is 15.9 Å². The van der Waals surface area contributed by atoms with Gasteiger partial charge in [0.15, 0.2) is 9.84 Å². The molecule has 1 amide bonds. The number of nitrogens with one attached hydrogen (secondary N) is 1. The van der Waals surface area contributed by atoms with Crippen molar-refractivity contribution < 1.29 is 17.9 Å². The zero-order valence-electron chi connectivity index (χ0n) is 17.7. The third-order valence-electron chi connectivity index (χ3n) is 5.24. The first-order valence-electron chi connectivity index (χ1n) is 10.2. The number of amides is 1. The van der Waals surface area contributed by atoms with Crippen molar-refractivity contribution in [3.8, 4) is 0 Å². The Balaban J connectivity index is 1.44. The molecule has 0 fully saturated rings. The van der Waals surface area contributed by atoms with Crippen LogP contribution in [-0.4, -0.2) is 32.6 Å². The zero-order chi connectivity index (χ0) is 22.6. The maximum Gasteiger partial charge on any atom is 0.255 e. The predicted molar refractivity (Wildman–Crippen MR) is 126 cm³/mol. The number of benzene rings is 3. The zero-order valence-corrected chi connectivity index (χ0v) is 18.5. The molecule has 4 rings (SSSR count). The standard InChI is InChI=1S/C25H24N2O4S/c1-31-16-15-27-14-13-21-17-22(11-12-24(21)27)26-25(28)20-9-7-19(8-10-20)18-32(29,30)23-5-3-2-4-6-23/h2-14,17H,15-16,18H2,1H3,(H,26,28). The Kier molecular flexibility index (Phi) is 6.39. The molecular formula is C25H24N2O4S. The number of ether oxygens (including phenoxy) is 1. The fraction of sp³-hybridized carbons (Fsp3) is 0.160. The Morgan fingerprint density at radius 3 is 2.44 bits per heavy atom. The van der Waals surface area contributed by atoms with Crippen LogP contribution < -0.4 is 5.32 Å². The quantitative estimate of drug-likeness (QED) is 0.430. The Hall–Kier alpha value is -3.42. The topological polar surface area (TPSA) is 77.4 Å². The molecule has 4 aromatic rings. The minimum atomic E-state index is -3.43. The molecule has 0 aliphatic carbocycles. The van der Waals surface area contributed by atoms with E-state index in [0.29, 0.717) is 23.4 Å². The maximum atomic E-state index is 12.7. The molecule has 0 saturated heterocycles. The van der Waals surface area contributed by atoms with Crippen molar-refractivity contribution in [2.24, 2.45) is 0 Å². The molecule has 0 unspecified atom stereocenters. The predicted octanol–water partition coefficient (Wildman–Crippen LogP) is 4.51. The minimum absolute atomic E-state index is 0.115. The molecule has 32 heavy (non-hydrogen) atoms. The van der Waals surface area contributed by atoms with Gasteiger partial charge in [0.2, 0.25) is 0 Å². The van der Waals surface area contributed by atoms with Gasteiger partial charge in [-0.25, -0.2) is 8.42 Å². The van der Waals surface area contributed by atoms with Gasteiger partial charge in [0.05, 0.1) is 17.3 Å². The third kappa shape index (κ3) is 4.90. The van der Waals surface area contributed by atoms with Crippen LogP contribution in [0.15, 0.2) is 90.0 Å². The van der Waals surface area contributed by atoms with E-state index in [0.717, 1.165) is 17.4 Å². The lowest BCUT2D eigenvalue weighted by Gasteiger charge is -2.09. The van der Waals surface area contributed by atoms with Crippen molar-refractivity contribution in [2.75, 3.05) is 19.0 Å². The molecule has 1 aromatic heterocycles. The summed E-state index contributed by atoms with van der Waals surface area (Å²) in [6.07, 6.45) is 2.00. The first kappa shape index (κ1) is 21.8. The van der Waals surface area contributed by atoms with Crippen LogP contribution in [0.4, 0.5) is 5.69 Å². The highest BCUT2D eigenvalue weighted by Gasteiger charge is 2.15. The van der Waals surface area contributed by atoms with Gasteiger partial charge in [-0.2, -0.15) is 0 Å². The summed E-state index contributed by atoms with van der Waals surface area (Å²) in [5, 5.41) is 3.93. The molecule has 6 nitrogen and oxygen atoms in total. The van der Waals surface area contributed by atoms with Gasteiger partial charge in [0.25, 0.3) is 5.91 Å². The summed E-state index contributed by atoms with van der Waals surface area (Å²) in [6, 6.07) is 22.8. The lowest BCUT2D eigenvalue weighted by molar-refractivity contribution is 0.102. The normalized spacial score (nSPS) is 11.5. The van der Waals surface area contributed by atoms with E-state index in [1.165, 1.54) is 0 Å². The second kappa shape index (κ2) is 9.38. The van der Waals surface area contributed by atoms with E-state index >= 15 is 0 Å². The highest BCUT2D eigenvalue weighted by molar-refractivity contribution is 7.90. The summed E-state index contributed by atoms with van der Waals surface area (Å²) in [4.78, 5) is 12.9. The van der Waals surface area contributed by atoms with Gasteiger partial charge in [-0.05, 0) is 54.1 Å². The Labute approximate surface area is 187 Å². The number of fused-ring (bicyclic) bond motifs is 1. The van der Waals surface area contributed by atoms with E-state index < -0.39 is 9.84 Å². The van der Waals surface area contributed by atoms with Gasteiger partial charge in [-0.15, -0.1) is 0 Å². The van der Waals surface area contributed by atoms with E-state index in [1.54, 1.807) is 61.7 Å². The molecule has 164 valence electrons. The molecular weight excluding hydrogens is 424 g/mol. The summed E-state index contributed by atoms with van der Waals surface area (Å²) < 4.78 is 32.3. The van der Waals surface area contributed by atoms with Crippen LogP contribution in [0.5, 0.6) is 0 Å². The number of rotatable bonds is 8. The van der Waals surface area contributed by atoms with Gasteiger partial charge in [-0.1, -0.05) is 30.3 Å². The van der Waals surface area contributed by atoms with Crippen LogP contribution in [0.3, 0.4) is 0 Å². The Morgan fingerprint density at radius 1 is 0.969 bits per heavy atom. The summed E-state index contributed by atoms with van der Waals surface area (Å²) in [5.74, 6) is -0.365. The molecule has 0 spiro atoms. The smallest absolute Gasteiger partial charge is 0.255 e. The number of methoxy groups -OCH3 is 1. The molecule has 0 radical (unpaired) electrons. The van der Waals surface area contributed by atoms with Crippen LogP contribution in [0.2, 0.25) is 0 Å². The average Bonchev–Trinajstić information content (AvgIpc) is 3.20. The largest absolute Gasteiger partial charge is 0.383 e. The average molecular weight is 449 g/mol. The van der Waals surface area contributed by atoms with E-state index in [-0.39, 0.29) is 16.6 Å². The van der Waals surface area contributed by atoms with E-state index in [9.17, 15) is 13.2 Å². The fourth-order valence-corrected chi connectivity index (χ4v) is 4.92. The molecule has 0 bridgehead atoms. The van der Waals surface area contributed by atoms with E-state index in [4.69, 9.17) is 4.74 Å². The maximum absolute atomic E-state index is 12.7. The lowest BCUT2D eigenvalue weighted by atomic mass is 10.1. The fourth-order valence-electron chi connectivity index (χ4n) is 3.55. The van der Waals surface area contributed by atoms with Crippen molar-refractivity contribution in [2.45, 2.75) is 17.2 Å². The van der Waals surface area contributed by atoms with Gasteiger partial charge in [0, 0.05) is 42.0 Å².